The molecule has 4 heteroatoms. The summed E-state index contributed by atoms with van der Waals surface area (Å²) in [6, 6.07) is 0.869. The van der Waals surface area contributed by atoms with Crippen molar-refractivity contribution in [3.8, 4) is 0 Å². The van der Waals surface area contributed by atoms with Crippen molar-refractivity contribution < 1.29 is 0 Å². The van der Waals surface area contributed by atoms with Crippen LogP contribution in [-0.4, -0.2) is 53.6 Å². The van der Waals surface area contributed by atoms with Crippen LogP contribution in [0, 0.1) is 0 Å². The van der Waals surface area contributed by atoms with Gasteiger partial charge in [-0.05, 0) is 0 Å². The van der Waals surface area contributed by atoms with Gasteiger partial charge in [0.15, 0.2) is 0 Å². The van der Waals surface area contributed by atoms with Crippen LogP contribution < -0.4 is 5.84 Å². The molecule has 0 aliphatic carbocycles. The molecular formula is C7H15N3S. The predicted octanol–water partition coefficient (Wildman–Crippen LogP) is -0.407. The zero-order valence-electron chi connectivity index (χ0n) is 6.70. The molecular weight excluding hydrogens is 158 g/mol. The fourth-order valence-corrected chi connectivity index (χ4v) is 2.40. The Morgan fingerprint density at radius 3 is 2.18 bits per heavy atom. The molecule has 0 amide bonds. The molecule has 2 aliphatic heterocycles. The molecule has 2 N–H and O–H groups in total. The first-order valence-corrected chi connectivity index (χ1v) is 5.33. The Balaban J connectivity index is 1.77. The second kappa shape index (κ2) is 3.31. The molecule has 0 spiro atoms. The summed E-state index contributed by atoms with van der Waals surface area (Å²) in [6.45, 7) is 4.42. The lowest BCUT2D eigenvalue weighted by Crippen LogP contribution is -2.55. The Morgan fingerprint density at radius 1 is 1.09 bits per heavy atom. The second-order valence-corrected chi connectivity index (χ2v) is 4.34. The summed E-state index contributed by atoms with van der Waals surface area (Å²) in [4.78, 5) is 2.57. The van der Waals surface area contributed by atoms with Crippen molar-refractivity contribution in [3.63, 3.8) is 0 Å². The van der Waals surface area contributed by atoms with Gasteiger partial charge < -0.3 is 0 Å². The van der Waals surface area contributed by atoms with Crippen molar-refractivity contribution in [1.82, 2.24) is 9.91 Å². The quantitative estimate of drug-likeness (QED) is 0.547. The van der Waals surface area contributed by atoms with Gasteiger partial charge in [0.2, 0.25) is 0 Å². The Hall–Kier alpha value is 0.230. The van der Waals surface area contributed by atoms with E-state index in [1.54, 1.807) is 0 Å². The van der Waals surface area contributed by atoms with Crippen LogP contribution in [0.15, 0.2) is 0 Å². The van der Waals surface area contributed by atoms with Crippen molar-refractivity contribution in [3.05, 3.63) is 0 Å². The van der Waals surface area contributed by atoms with Crippen molar-refractivity contribution in [2.45, 2.75) is 6.04 Å². The number of nitrogens with zero attached hydrogens (tertiary/aromatic N) is 2. The first kappa shape index (κ1) is 7.86. The fourth-order valence-electron chi connectivity index (χ4n) is 1.54. The summed E-state index contributed by atoms with van der Waals surface area (Å²) < 4.78 is 0. The molecule has 2 heterocycles. The average molecular weight is 173 g/mol. The molecule has 0 radical (unpaired) electrons. The molecule has 0 aromatic rings. The zero-order chi connectivity index (χ0) is 7.68. The second-order valence-electron chi connectivity index (χ2n) is 3.26. The highest BCUT2D eigenvalue weighted by Gasteiger charge is 2.27. The minimum absolute atomic E-state index is 0.869. The lowest BCUT2D eigenvalue weighted by molar-refractivity contribution is 0.109. The largest absolute Gasteiger partial charge is 0.296 e. The molecule has 3 nitrogen and oxygen atoms in total. The van der Waals surface area contributed by atoms with Gasteiger partial charge in [-0.25, -0.2) is 5.01 Å². The van der Waals surface area contributed by atoms with Crippen molar-refractivity contribution >= 4 is 11.8 Å². The molecule has 64 valence electrons. The molecule has 2 rings (SSSR count). The van der Waals surface area contributed by atoms with E-state index in [0.717, 1.165) is 19.1 Å². The number of nitrogens with two attached hydrogens (primary N) is 1. The van der Waals surface area contributed by atoms with E-state index in [0.29, 0.717) is 0 Å². The van der Waals surface area contributed by atoms with Crippen LogP contribution in [0.3, 0.4) is 0 Å². The van der Waals surface area contributed by atoms with E-state index >= 15 is 0 Å². The van der Waals surface area contributed by atoms with Gasteiger partial charge in [0.25, 0.3) is 0 Å². The lowest BCUT2D eigenvalue weighted by Gasteiger charge is -2.41. The van der Waals surface area contributed by atoms with Crippen LogP contribution in [0.1, 0.15) is 0 Å². The van der Waals surface area contributed by atoms with Crippen LogP contribution in [0.4, 0.5) is 0 Å². The van der Waals surface area contributed by atoms with Gasteiger partial charge in [-0.3, -0.25) is 10.7 Å². The van der Waals surface area contributed by atoms with Gasteiger partial charge in [-0.15, -0.1) is 0 Å². The van der Waals surface area contributed by atoms with Crippen LogP contribution in [0.2, 0.25) is 0 Å². The lowest BCUT2D eigenvalue weighted by atomic mass is 10.2. The number of hydrogen-bond donors (Lipinski definition) is 1. The smallest absolute Gasteiger partial charge is 0.0278 e. The van der Waals surface area contributed by atoms with Crippen molar-refractivity contribution in [2.24, 2.45) is 5.84 Å². The van der Waals surface area contributed by atoms with Gasteiger partial charge in [-0.2, -0.15) is 11.8 Å². The number of hydrazine groups is 1. The van der Waals surface area contributed by atoms with Gasteiger partial charge in [0.05, 0.1) is 0 Å². The minimum Gasteiger partial charge on any atom is -0.296 e. The van der Waals surface area contributed by atoms with Crippen LogP contribution in [-0.2, 0) is 0 Å². The standard InChI is InChI=1S/C7H15N3S/c8-10-3-1-9(2-4-10)7-5-11-6-7/h7H,1-6,8H2. The molecule has 0 aromatic carbocycles. The van der Waals surface area contributed by atoms with E-state index in [1.165, 1.54) is 24.6 Å². The fraction of sp³-hybridized carbons (Fsp3) is 1.00. The van der Waals surface area contributed by atoms with E-state index in [4.69, 9.17) is 5.84 Å². The number of rotatable bonds is 1. The number of piperazine rings is 1. The third-order valence-corrected chi connectivity index (χ3v) is 3.73. The van der Waals surface area contributed by atoms with Crippen LogP contribution >= 0.6 is 11.8 Å². The maximum atomic E-state index is 5.66. The third kappa shape index (κ3) is 1.69. The molecule has 2 fully saturated rings. The Labute approximate surface area is 71.9 Å². The Morgan fingerprint density at radius 2 is 1.73 bits per heavy atom. The topological polar surface area (TPSA) is 32.5 Å². The van der Waals surface area contributed by atoms with Crippen LogP contribution in [0.5, 0.6) is 0 Å². The molecule has 0 bridgehead atoms. The average Bonchev–Trinajstić information content (AvgIpc) is 1.90. The van der Waals surface area contributed by atoms with E-state index < -0.39 is 0 Å². The van der Waals surface area contributed by atoms with Crippen LogP contribution in [0.25, 0.3) is 0 Å². The molecule has 0 saturated carbocycles. The summed E-state index contributed by atoms with van der Waals surface area (Å²) in [5.41, 5.74) is 0. The predicted molar refractivity (Wildman–Crippen MR) is 48.4 cm³/mol. The Kier molecular flexibility index (Phi) is 2.36. The molecule has 0 unspecified atom stereocenters. The summed E-state index contributed by atoms with van der Waals surface area (Å²) in [6.07, 6.45) is 0. The van der Waals surface area contributed by atoms with E-state index in [9.17, 15) is 0 Å². The SMILES string of the molecule is NN1CCN(C2CSC2)CC1. The maximum Gasteiger partial charge on any atom is 0.0278 e. The van der Waals surface area contributed by atoms with E-state index in [1.807, 2.05) is 5.01 Å². The normalized spacial score (nSPS) is 30.3. The van der Waals surface area contributed by atoms with Gasteiger partial charge in [-0.1, -0.05) is 0 Å². The first-order valence-electron chi connectivity index (χ1n) is 4.18. The van der Waals surface area contributed by atoms with Gasteiger partial charge in [0, 0.05) is 43.7 Å². The maximum absolute atomic E-state index is 5.66. The van der Waals surface area contributed by atoms with Crippen molar-refractivity contribution in [1.29, 1.82) is 0 Å². The zero-order valence-corrected chi connectivity index (χ0v) is 7.52. The van der Waals surface area contributed by atoms with Gasteiger partial charge >= 0.3 is 0 Å². The first-order chi connectivity index (χ1) is 5.36. The molecule has 0 atom stereocenters. The summed E-state index contributed by atoms with van der Waals surface area (Å²) in [7, 11) is 0. The third-order valence-electron chi connectivity index (χ3n) is 2.49. The van der Waals surface area contributed by atoms with Crippen molar-refractivity contribution in [2.75, 3.05) is 37.7 Å². The summed E-state index contributed by atoms with van der Waals surface area (Å²) in [5.74, 6) is 8.33. The summed E-state index contributed by atoms with van der Waals surface area (Å²) in [5, 5.41) is 1.92. The Bertz CT molecular complexity index is 130. The highest BCUT2D eigenvalue weighted by molar-refractivity contribution is 8.00. The summed E-state index contributed by atoms with van der Waals surface area (Å²) >= 11 is 2.05. The molecule has 2 aliphatic rings. The minimum atomic E-state index is 0.869. The van der Waals surface area contributed by atoms with Gasteiger partial charge in [0.1, 0.15) is 0 Å². The highest BCUT2D eigenvalue weighted by Crippen LogP contribution is 2.23. The van der Waals surface area contributed by atoms with E-state index in [2.05, 4.69) is 16.7 Å². The number of thioether (sulfide) groups is 1. The molecule has 11 heavy (non-hydrogen) atoms. The highest BCUT2D eigenvalue weighted by atomic mass is 32.2. The monoisotopic (exact) mass is 173 g/mol. The molecule has 2 saturated heterocycles. The number of hydrogen-bond acceptors (Lipinski definition) is 4. The molecule has 0 aromatic heterocycles. The van der Waals surface area contributed by atoms with E-state index in [-0.39, 0.29) is 0 Å².